The Morgan fingerprint density at radius 2 is 1.76 bits per heavy atom. The van der Waals surface area contributed by atoms with Crippen LogP contribution in [0.2, 0.25) is 0 Å². The fourth-order valence-electron chi connectivity index (χ4n) is 3.15. The van der Waals surface area contributed by atoms with Crippen molar-refractivity contribution < 1.29 is 9.59 Å². The Bertz CT molecular complexity index is 1060. The summed E-state index contributed by atoms with van der Waals surface area (Å²) < 4.78 is 0. The number of benzene rings is 2. The van der Waals surface area contributed by atoms with Crippen molar-refractivity contribution in [3.05, 3.63) is 88.7 Å². The van der Waals surface area contributed by atoms with Crippen molar-refractivity contribution in [1.82, 2.24) is 4.98 Å². The largest absolute Gasteiger partial charge is 0.322 e. The van der Waals surface area contributed by atoms with Gasteiger partial charge in [-0.1, -0.05) is 24.3 Å². The van der Waals surface area contributed by atoms with Crippen LogP contribution in [0.5, 0.6) is 0 Å². The molecule has 2 amide bonds. The summed E-state index contributed by atoms with van der Waals surface area (Å²) in [5, 5.41) is 2.92. The second kappa shape index (κ2) is 8.69. The highest BCUT2D eigenvalue weighted by atomic mass is 16.2. The lowest BCUT2D eigenvalue weighted by Gasteiger charge is -2.21. The summed E-state index contributed by atoms with van der Waals surface area (Å²) in [5.74, 6) is -0.506. The maximum atomic E-state index is 13.1. The predicted octanol–water partition coefficient (Wildman–Crippen LogP) is 4.93. The minimum Gasteiger partial charge on any atom is -0.322 e. The topological polar surface area (TPSA) is 62.3 Å². The second-order valence-corrected chi connectivity index (χ2v) is 7.02. The average molecular weight is 387 g/mol. The van der Waals surface area contributed by atoms with Crippen molar-refractivity contribution in [3.8, 4) is 0 Å². The molecule has 0 atom stereocenters. The number of nitrogens with zero attached hydrogens (tertiary/aromatic N) is 2. The summed E-state index contributed by atoms with van der Waals surface area (Å²) in [5.41, 5.74) is 5.39. The fraction of sp³-hybridized carbons (Fsp3) is 0.208. The Morgan fingerprint density at radius 3 is 2.48 bits per heavy atom. The van der Waals surface area contributed by atoms with Gasteiger partial charge in [0.2, 0.25) is 0 Å². The van der Waals surface area contributed by atoms with Crippen LogP contribution in [-0.4, -0.2) is 23.3 Å². The van der Waals surface area contributed by atoms with Gasteiger partial charge in [0.05, 0.1) is 0 Å². The SMILES string of the molecule is CCN(C(=O)c1cc(C(=O)Nc2cccc(C)c2C)ccn1)c1cccc(C)c1. The summed E-state index contributed by atoms with van der Waals surface area (Å²) in [4.78, 5) is 31.7. The number of pyridine rings is 1. The molecule has 29 heavy (non-hydrogen) atoms. The molecule has 0 aliphatic carbocycles. The van der Waals surface area contributed by atoms with Crippen LogP contribution in [0.25, 0.3) is 0 Å². The van der Waals surface area contributed by atoms with Crippen molar-refractivity contribution in [3.63, 3.8) is 0 Å². The molecular formula is C24H25N3O2. The first-order valence-corrected chi connectivity index (χ1v) is 9.63. The van der Waals surface area contributed by atoms with Crippen molar-refractivity contribution in [2.45, 2.75) is 27.7 Å². The van der Waals surface area contributed by atoms with E-state index < -0.39 is 0 Å². The first-order valence-electron chi connectivity index (χ1n) is 9.63. The molecule has 1 N–H and O–H groups in total. The zero-order chi connectivity index (χ0) is 21.0. The third-order valence-corrected chi connectivity index (χ3v) is 4.97. The van der Waals surface area contributed by atoms with Gasteiger partial charge >= 0.3 is 0 Å². The van der Waals surface area contributed by atoms with Gasteiger partial charge in [-0.2, -0.15) is 0 Å². The summed E-state index contributed by atoms with van der Waals surface area (Å²) in [6, 6.07) is 16.7. The Kier molecular flexibility index (Phi) is 6.07. The van der Waals surface area contributed by atoms with Crippen LogP contribution in [0.4, 0.5) is 11.4 Å². The van der Waals surface area contributed by atoms with E-state index in [0.29, 0.717) is 12.1 Å². The lowest BCUT2D eigenvalue weighted by atomic mass is 10.1. The standard InChI is InChI=1S/C24H25N3O2/c1-5-27(20-10-6-8-16(2)14-20)24(29)22-15-19(12-13-25-22)23(28)26-21-11-7-9-17(3)18(21)4/h6-15H,5H2,1-4H3,(H,26,28). The van der Waals surface area contributed by atoms with Crippen molar-refractivity contribution in [2.24, 2.45) is 0 Å². The van der Waals surface area contributed by atoms with E-state index >= 15 is 0 Å². The molecule has 3 rings (SSSR count). The number of rotatable bonds is 5. The van der Waals surface area contributed by atoms with Gasteiger partial charge in [-0.05, 0) is 74.7 Å². The van der Waals surface area contributed by atoms with E-state index in [4.69, 9.17) is 0 Å². The highest BCUT2D eigenvalue weighted by Gasteiger charge is 2.19. The number of aromatic nitrogens is 1. The normalized spacial score (nSPS) is 10.5. The molecular weight excluding hydrogens is 362 g/mol. The van der Waals surface area contributed by atoms with Crippen LogP contribution in [0.1, 0.15) is 44.5 Å². The van der Waals surface area contributed by atoms with E-state index in [9.17, 15) is 9.59 Å². The number of carbonyl (C=O) groups is 2. The molecule has 0 aliphatic rings. The molecule has 3 aromatic rings. The first-order chi connectivity index (χ1) is 13.9. The molecule has 0 fully saturated rings. The van der Waals surface area contributed by atoms with Gasteiger partial charge in [0, 0.05) is 29.7 Å². The van der Waals surface area contributed by atoms with Crippen LogP contribution < -0.4 is 10.2 Å². The molecule has 5 heteroatoms. The lowest BCUT2D eigenvalue weighted by Crippen LogP contribution is -2.31. The summed E-state index contributed by atoms with van der Waals surface area (Å²) in [7, 11) is 0. The van der Waals surface area contributed by atoms with Crippen LogP contribution in [0.3, 0.4) is 0 Å². The molecule has 0 spiro atoms. The second-order valence-electron chi connectivity index (χ2n) is 7.02. The molecule has 0 bridgehead atoms. The zero-order valence-corrected chi connectivity index (χ0v) is 17.2. The monoisotopic (exact) mass is 387 g/mol. The van der Waals surface area contributed by atoms with Gasteiger partial charge < -0.3 is 10.2 Å². The van der Waals surface area contributed by atoms with Gasteiger partial charge in [-0.3, -0.25) is 14.6 Å². The summed E-state index contributed by atoms with van der Waals surface area (Å²) in [6.45, 7) is 8.37. The molecule has 0 saturated heterocycles. The molecule has 1 aromatic heterocycles. The molecule has 2 aromatic carbocycles. The molecule has 0 aliphatic heterocycles. The van der Waals surface area contributed by atoms with E-state index in [0.717, 1.165) is 28.1 Å². The van der Waals surface area contributed by atoms with Crippen LogP contribution >= 0.6 is 0 Å². The summed E-state index contributed by atoms with van der Waals surface area (Å²) in [6.07, 6.45) is 1.50. The van der Waals surface area contributed by atoms with Gasteiger partial charge in [0.15, 0.2) is 0 Å². The molecule has 0 saturated carbocycles. The molecule has 1 heterocycles. The third-order valence-electron chi connectivity index (χ3n) is 4.97. The number of hydrogen-bond acceptors (Lipinski definition) is 3. The molecule has 5 nitrogen and oxygen atoms in total. The zero-order valence-electron chi connectivity index (χ0n) is 17.2. The van der Waals surface area contributed by atoms with Crippen molar-refractivity contribution >= 4 is 23.2 Å². The van der Waals surface area contributed by atoms with Crippen molar-refractivity contribution in [1.29, 1.82) is 0 Å². The predicted molar refractivity (Wildman–Crippen MR) is 117 cm³/mol. The number of amides is 2. The number of nitrogens with one attached hydrogen (secondary N) is 1. The minimum atomic E-state index is -0.270. The Balaban J connectivity index is 1.85. The van der Waals surface area contributed by atoms with Crippen molar-refractivity contribution in [2.75, 3.05) is 16.8 Å². The quantitative estimate of drug-likeness (QED) is 0.675. The number of carbonyl (C=O) groups excluding carboxylic acids is 2. The van der Waals surface area contributed by atoms with E-state index in [1.807, 2.05) is 70.2 Å². The van der Waals surface area contributed by atoms with E-state index in [2.05, 4.69) is 10.3 Å². The number of anilines is 2. The smallest absolute Gasteiger partial charge is 0.276 e. The molecule has 0 unspecified atom stereocenters. The van der Waals surface area contributed by atoms with E-state index in [-0.39, 0.29) is 17.5 Å². The Morgan fingerprint density at radius 1 is 1.00 bits per heavy atom. The number of hydrogen-bond donors (Lipinski definition) is 1. The Hall–Kier alpha value is -3.47. The summed E-state index contributed by atoms with van der Waals surface area (Å²) >= 11 is 0. The average Bonchev–Trinajstić information content (AvgIpc) is 2.72. The van der Waals surface area contributed by atoms with Gasteiger partial charge in [0.1, 0.15) is 5.69 Å². The van der Waals surface area contributed by atoms with Gasteiger partial charge in [-0.15, -0.1) is 0 Å². The highest BCUT2D eigenvalue weighted by Crippen LogP contribution is 2.20. The van der Waals surface area contributed by atoms with Gasteiger partial charge in [0.25, 0.3) is 11.8 Å². The molecule has 0 radical (unpaired) electrons. The Labute approximate surface area is 171 Å². The third kappa shape index (κ3) is 4.51. The van der Waals surface area contributed by atoms with Crippen LogP contribution in [0.15, 0.2) is 60.8 Å². The van der Waals surface area contributed by atoms with Gasteiger partial charge in [-0.25, -0.2) is 0 Å². The lowest BCUT2D eigenvalue weighted by molar-refractivity contribution is 0.0983. The highest BCUT2D eigenvalue weighted by molar-refractivity contribution is 6.08. The minimum absolute atomic E-state index is 0.237. The first kappa shape index (κ1) is 20.3. The number of aryl methyl sites for hydroxylation is 2. The fourth-order valence-corrected chi connectivity index (χ4v) is 3.15. The van der Waals surface area contributed by atoms with E-state index in [1.54, 1.807) is 17.0 Å². The molecule has 148 valence electrons. The maximum absolute atomic E-state index is 13.1. The van der Waals surface area contributed by atoms with Crippen LogP contribution in [-0.2, 0) is 0 Å². The van der Waals surface area contributed by atoms with Crippen LogP contribution in [0, 0.1) is 20.8 Å². The maximum Gasteiger partial charge on any atom is 0.276 e. The van der Waals surface area contributed by atoms with E-state index in [1.165, 1.54) is 6.20 Å².